The van der Waals surface area contributed by atoms with Crippen LogP contribution < -0.4 is 0 Å². The highest BCUT2D eigenvalue weighted by atomic mass is 16.4. The van der Waals surface area contributed by atoms with E-state index in [-0.39, 0.29) is 12.5 Å². The molecule has 0 aliphatic heterocycles. The average Bonchev–Trinajstić information content (AvgIpc) is 2.87. The summed E-state index contributed by atoms with van der Waals surface area (Å²) in [6, 6.07) is 0. The molecular formula is C13H21NO3. The van der Waals surface area contributed by atoms with Crippen LogP contribution in [0.15, 0.2) is 0 Å². The van der Waals surface area contributed by atoms with E-state index in [9.17, 15) is 9.59 Å². The lowest BCUT2D eigenvalue weighted by Gasteiger charge is -2.25. The van der Waals surface area contributed by atoms with Crippen molar-refractivity contribution in [2.24, 2.45) is 17.8 Å². The van der Waals surface area contributed by atoms with Crippen LogP contribution in [0.1, 0.15) is 39.0 Å². The molecule has 4 nitrogen and oxygen atoms in total. The molecule has 3 unspecified atom stereocenters. The maximum atomic E-state index is 12.0. The third kappa shape index (κ3) is 2.79. The third-order valence-corrected chi connectivity index (χ3v) is 4.38. The molecule has 2 aliphatic carbocycles. The van der Waals surface area contributed by atoms with Gasteiger partial charge in [0.25, 0.3) is 0 Å². The average molecular weight is 239 g/mol. The first-order valence-corrected chi connectivity index (χ1v) is 6.59. The summed E-state index contributed by atoms with van der Waals surface area (Å²) in [5.74, 6) is 1.18. The van der Waals surface area contributed by atoms with Gasteiger partial charge in [0.2, 0.25) is 5.91 Å². The number of nitrogens with zero attached hydrogens (tertiary/aromatic N) is 1. The van der Waals surface area contributed by atoms with Crippen LogP contribution in [0.5, 0.6) is 0 Å². The van der Waals surface area contributed by atoms with E-state index in [1.54, 1.807) is 0 Å². The summed E-state index contributed by atoms with van der Waals surface area (Å²) >= 11 is 0. The standard InChI is InChI=1S/C13H21NO3/c1-2-14(8-13(16)17)12(15)7-11-6-9-3-4-10(11)5-9/h9-11H,2-8H2,1H3,(H,16,17). The van der Waals surface area contributed by atoms with Crippen molar-refractivity contribution < 1.29 is 14.7 Å². The number of hydrogen-bond donors (Lipinski definition) is 1. The molecule has 1 N–H and O–H groups in total. The van der Waals surface area contributed by atoms with E-state index in [2.05, 4.69) is 0 Å². The minimum atomic E-state index is -0.923. The van der Waals surface area contributed by atoms with Crippen LogP contribution in [0, 0.1) is 17.8 Å². The number of carbonyl (C=O) groups is 2. The molecule has 2 fully saturated rings. The van der Waals surface area contributed by atoms with Crippen molar-refractivity contribution in [3.05, 3.63) is 0 Å². The molecule has 0 radical (unpaired) electrons. The van der Waals surface area contributed by atoms with Gasteiger partial charge < -0.3 is 10.0 Å². The number of aliphatic carboxylic acids is 1. The van der Waals surface area contributed by atoms with Crippen molar-refractivity contribution in [1.82, 2.24) is 4.90 Å². The zero-order valence-corrected chi connectivity index (χ0v) is 10.4. The number of carbonyl (C=O) groups excluding carboxylic acids is 1. The van der Waals surface area contributed by atoms with Gasteiger partial charge in [-0.15, -0.1) is 0 Å². The van der Waals surface area contributed by atoms with Gasteiger partial charge in [0.05, 0.1) is 0 Å². The van der Waals surface area contributed by atoms with Crippen molar-refractivity contribution >= 4 is 11.9 Å². The predicted molar refractivity (Wildman–Crippen MR) is 63.4 cm³/mol. The number of hydrogen-bond acceptors (Lipinski definition) is 2. The van der Waals surface area contributed by atoms with Gasteiger partial charge in [-0.1, -0.05) is 6.42 Å². The Balaban J connectivity index is 1.85. The number of rotatable bonds is 5. The smallest absolute Gasteiger partial charge is 0.323 e. The lowest BCUT2D eigenvalue weighted by Crippen LogP contribution is -2.36. The Hall–Kier alpha value is -1.06. The summed E-state index contributed by atoms with van der Waals surface area (Å²) in [7, 11) is 0. The van der Waals surface area contributed by atoms with Gasteiger partial charge in [-0.2, -0.15) is 0 Å². The molecule has 2 aliphatic rings. The predicted octanol–water partition coefficient (Wildman–Crippen LogP) is 1.75. The van der Waals surface area contributed by atoms with Gasteiger partial charge >= 0.3 is 5.97 Å². The van der Waals surface area contributed by atoms with Crippen LogP contribution in [0.4, 0.5) is 0 Å². The Kier molecular flexibility index (Phi) is 3.69. The van der Waals surface area contributed by atoms with Gasteiger partial charge in [0, 0.05) is 13.0 Å². The molecule has 3 atom stereocenters. The zero-order valence-electron chi connectivity index (χ0n) is 10.4. The highest BCUT2D eigenvalue weighted by Gasteiger charge is 2.40. The first kappa shape index (κ1) is 12.4. The summed E-state index contributed by atoms with van der Waals surface area (Å²) in [5.41, 5.74) is 0. The largest absolute Gasteiger partial charge is 0.480 e. The van der Waals surface area contributed by atoms with Crippen molar-refractivity contribution in [1.29, 1.82) is 0 Å². The van der Waals surface area contributed by atoms with E-state index < -0.39 is 5.97 Å². The molecule has 0 aromatic carbocycles. The number of carboxylic acid groups (broad SMARTS) is 1. The van der Waals surface area contributed by atoms with Gasteiger partial charge in [-0.05, 0) is 43.9 Å². The molecule has 0 aromatic heterocycles. The van der Waals surface area contributed by atoms with Gasteiger partial charge in [0.1, 0.15) is 6.54 Å². The number of fused-ring (bicyclic) bond motifs is 2. The number of carboxylic acids is 1. The first-order chi connectivity index (χ1) is 8.10. The third-order valence-electron chi connectivity index (χ3n) is 4.38. The Bertz CT molecular complexity index is 316. The maximum absolute atomic E-state index is 12.0. The van der Waals surface area contributed by atoms with E-state index in [0.29, 0.717) is 18.9 Å². The SMILES string of the molecule is CCN(CC(=O)O)C(=O)CC1CC2CCC1C2. The zero-order chi connectivity index (χ0) is 12.4. The molecule has 96 valence electrons. The first-order valence-electron chi connectivity index (χ1n) is 6.59. The lowest BCUT2D eigenvalue weighted by atomic mass is 9.86. The van der Waals surface area contributed by atoms with Crippen molar-refractivity contribution in [2.75, 3.05) is 13.1 Å². The molecule has 2 saturated carbocycles. The Morgan fingerprint density at radius 3 is 2.53 bits per heavy atom. The van der Waals surface area contributed by atoms with Crippen LogP contribution in [-0.2, 0) is 9.59 Å². The minimum absolute atomic E-state index is 0.0208. The van der Waals surface area contributed by atoms with Gasteiger partial charge in [-0.25, -0.2) is 0 Å². The normalized spacial score (nSPS) is 30.5. The summed E-state index contributed by atoms with van der Waals surface area (Å²) in [6.45, 7) is 2.17. The van der Waals surface area contributed by atoms with E-state index in [4.69, 9.17) is 5.11 Å². The van der Waals surface area contributed by atoms with Gasteiger partial charge in [-0.3, -0.25) is 9.59 Å². The topological polar surface area (TPSA) is 57.6 Å². The fourth-order valence-corrected chi connectivity index (χ4v) is 3.52. The molecular weight excluding hydrogens is 218 g/mol. The maximum Gasteiger partial charge on any atom is 0.323 e. The molecule has 4 heteroatoms. The van der Waals surface area contributed by atoms with E-state index >= 15 is 0 Å². The molecule has 0 saturated heterocycles. The quantitative estimate of drug-likeness (QED) is 0.795. The molecule has 17 heavy (non-hydrogen) atoms. The second kappa shape index (κ2) is 5.07. The Morgan fingerprint density at radius 2 is 2.06 bits per heavy atom. The van der Waals surface area contributed by atoms with Crippen LogP contribution in [-0.4, -0.2) is 35.0 Å². The molecule has 0 spiro atoms. The molecule has 0 aromatic rings. The van der Waals surface area contributed by atoms with Gasteiger partial charge in [0.15, 0.2) is 0 Å². The van der Waals surface area contributed by atoms with Crippen molar-refractivity contribution in [2.45, 2.75) is 39.0 Å². The van der Waals surface area contributed by atoms with E-state index in [1.165, 1.54) is 30.6 Å². The van der Waals surface area contributed by atoms with Crippen molar-refractivity contribution in [3.63, 3.8) is 0 Å². The van der Waals surface area contributed by atoms with E-state index in [0.717, 1.165) is 11.8 Å². The van der Waals surface area contributed by atoms with E-state index in [1.807, 2.05) is 6.92 Å². The lowest BCUT2D eigenvalue weighted by molar-refractivity contribution is -0.144. The Morgan fingerprint density at radius 1 is 1.29 bits per heavy atom. The second-order valence-electron chi connectivity index (χ2n) is 5.44. The van der Waals surface area contributed by atoms with Crippen LogP contribution >= 0.6 is 0 Å². The monoisotopic (exact) mass is 239 g/mol. The van der Waals surface area contributed by atoms with Crippen LogP contribution in [0.2, 0.25) is 0 Å². The van der Waals surface area contributed by atoms with Crippen LogP contribution in [0.3, 0.4) is 0 Å². The fourth-order valence-electron chi connectivity index (χ4n) is 3.52. The Labute approximate surface area is 102 Å². The molecule has 1 amide bonds. The number of likely N-dealkylation sites (N-methyl/N-ethyl adjacent to an activating group) is 1. The highest BCUT2D eigenvalue weighted by molar-refractivity contribution is 5.81. The molecule has 0 heterocycles. The summed E-state index contributed by atoms with van der Waals surface area (Å²) < 4.78 is 0. The molecule has 2 rings (SSSR count). The fraction of sp³-hybridized carbons (Fsp3) is 0.846. The summed E-state index contributed by atoms with van der Waals surface area (Å²) in [4.78, 5) is 24.1. The summed E-state index contributed by atoms with van der Waals surface area (Å²) in [5, 5.41) is 8.74. The van der Waals surface area contributed by atoms with Crippen molar-refractivity contribution in [3.8, 4) is 0 Å². The molecule has 2 bridgehead atoms. The second-order valence-corrected chi connectivity index (χ2v) is 5.44. The highest BCUT2D eigenvalue weighted by Crippen LogP contribution is 2.49. The number of amides is 1. The summed E-state index contributed by atoms with van der Waals surface area (Å²) in [6.07, 6.45) is 5.64. The van der Waals surface area contributed by atoms with Crippen LogP contribution in [0.25, 0.3) is 0 Å². The minimum Gasteiger partial charge on any atom is -0.480 e.